The Labute approximate surface area is 233 Å². The Bertz CT molecular complexity index is 1320. The third-order valence-electron chi connectivity index (χ3n) is 7.16. The van der Waals surface area contributed by atoms with Crippen molar-refractivity contribution in [2.75, 3.05) is 11.9 Å². The van der Waals surface area contributed by atoms with Gasteiger partial charge in [0.05, 0.1) is 12.2 Å². The van der Waals surface area contributed by atoms with Gasteiger partial charge < -0.3 is 14.8 Å². The van der Waals surface area contributed by atoms with E-state index >= 15 is 0 Å². The number of thioether (sulfide) groups is 1. The van der Waals surface area contributed by atoms with Crippen LogP contribution in [-0.4, -0.2) is 33.4 Å². The molecule has 0 amide bonds. The lowest BCUT2D eigenvalue weighted by atomic mass is 9.95. The summed E-state index contributed by atoms with van der Waals surface area (Å²) in [4.78, 5) is 18.3. The lowest BCUT2D eigenvalue weighted by Gasteiger charge is -2.30. The van der Waals surface area contributed by atoms with E-state index in [1.165, 1.54) is 24.2 Å². The van der Waals surface area contributed by atoms with Gasteiger partial charge >= 0.3 is 5.97 Å². The molecule has 39 heavy (non-hydrogen) atoms. The third-order valence-corrected chi connectivity index (χ3v) is 8.04. The summed E-state index contributed by atoms with van der Waals surface area (Å²) in [5, 5.41) is 8.52. The van der Waals surface area contributed by atoms with Crippen LogP contribution in [-0.2, 0) is 15.3 Å². The molecule has 1 unspecified atom stereocenters. The maximum Gasteiger partial charge on any atom is 0.338 e. The summed E-state index contributed by atoms with van der Waals surface area (Å²) in [6.07, 6.45) is 7.12. The Hall–Kier alpha value is -3.33. The number of aromatic nitrogens is 3. The largest absolute Gasteiger partial charge is 0.494 e. The fourth-order valence-electron chi connectivity index (χ4n) is 5.00. The van der Waals surface area contributed by atoms with Gasteiger partial charge in [-0.15, -0.1) is 5.10 Å². The molecule has 0 saturated heterocycles. The molecular weight excluding hydrogens is 515 g/mol. The first-order valence-electron chi connectivity index (χ1n) is 13.8. The molecule has 5 rings (SSSR count). The number of carbonyl (C=O) groups excluding carboxylic acids is 1. The summed E-state index contributed by atoms with van der Waals surface area (Å²) in [7, 11) is 0. The summed E-state index contributed by atoms with van der Waals surface area (Å²) in [5.74, 6) is 1.13. The Morgan fingerprint density at radius 2 is 1.90 bits per heavy atom. The van der Waals surface area contributed by atoms with Crippen molar-refractivity contribution in [2.24, 2.45) is 0 Å². The van der Waals surface area contributed by atoms with Crippen LogP contribution in [0.15, 0.2) is 65.0 Å². The van der Waals surface area contributed by atoms with E-state index in [-0.39, 0.29) is 17.9 Å². The van der Waals surface area contributed by atoms with Crippen LogP contribution in [0.3, 0.4) is 0 Å². The Morgan fingerprint density at radius 3 is 2.64 bits per heavy atom. The number of nitrogens with zero attached hydrogens (tertiary/aromatic N) is 3. The molecule has 2 aromatic carbocycles. The molecule has 2 aliphatic rings. The normalized spacial score (nSPS) is 17.5. The van der Waals surface area contributed by atoms with E-state index in [0.717, 1.165) is 49.8 Å². The summed E-state index contributed by atoms with van der Waals surface area (Å²) < 4.78 is 27.8. The maximum absolute atomic E-state index is 14.2. The molecule has 206 valence electrons. The molecule has 1 aliphatic carbocycles. The number of halogens is 1. The minimum Gasteiger partial charge on any atom is -0.494 e. The van der Waals surface area contributed by atoms with E-state index in [4.69, 9.17) is 14.6 Å². The highest BCUT2D eigenvalue weighted by molar-refractivity contribution is 7.98. The molecule has 9 heteroatoms. The van der Waals surface area contributed by atoms with Gasteiger partial charge in [-0.25, -0.2) is 13.9 Å². The molecule has 1 aliphatic heterocycles. The standard InChI is InChI=1S/C30H35FN4O3S/c1-3-4-18-37-23-16-14-21(15-17-23)27-26(28(36)38-24-11-6-5-7-12-24)20(2)32-29-33-30(34-35(27)29)39-19-22-10-8-9-13-25(22)31/h8-10,13-17,24,27H,3-7,11-12,18-19H2,1-2H3,(H,32,33,34). The van der Waals surface area contributed by atoms with Crippen molar-refractivity contribution in [2.45, 2.75) is 81.8 Å². The quantitative estimate of drug-likeness (QED) is 0.165. The molecule has 3 aromatic rings. The minimum absolute atomic E-state index is 0.0643. The number of esters is 1. The van der Waals surface area contributed by atoms with Crippen LogP contribution in [0.1, 0.15) is 76.0 Å². The zero-order valence-corrected chi connectivity index (χ0v) is 23.3. The lowest BCUT2D eigenvalue weighted by molar-refractivity contribution is -0.146. The fraction of sp³-hybridized carbons (Fsp3) is 0.433. The number of hydrogen-bond donors (Lipinski definition) is 1. The van der Waals surface area contributed by atoms with Crippen molar-refractivity contribution in [3.63, 3.8) is 0 Å². The molecule has 1 aromatic heterocycles. The van der Waals surface area contributed by atoms with Crippen LogP contribution in [0.5, 0.6) is 5.75 Å². The van der Waals surface area contributed by atoms with Crippen LogP contribution in [0, 0.1) is 5.82 Å². The number of benzene rings is 2. The minimum atomic E-state index is -0.516. The number of allylic oxidation sites excluding steroid dienone is 1. The molecule has 1 N–H and O–H groups in total. The second kappa shape index (κ2) is 12.7. The number of fused-ring (bicyclic) bond motifs is 1. The molecule has 7 nitrogen and oxygen atoms in total. The predicted octanol–water partition coefficient (Wildman–Crippen LogP) is 7.05. The van der Waals surface area contributed by atoms with Gasteiger partial charge in [-0.3, -0.25) is 0 Å². The van der Waals surface area contributed by atoms with Crippen LogP contribution in [0.2, 0.25) is 0 Å². The number of anilines is 1. The van der Waals surface area contributed by atoms with Crippen molar-refractivity contribution in [1.82, 2.24) is 14.8 Å². The first-order chi connectivity index (χ1) is 19.0. The van der Waals surface area contributed by atoms with Crippen molar-refractivity contribution in [1.29, 1.82) is 0 Å². The van der Waals surface area contributed by atoms with Gasteiger partial charge in [0.2, 0.25) is 11.1 Å². The third kappa shape index (κ3) is 6.46. The number of unbranched alkanes of at least 4 members (excludes halogenated alkanes) is 1. The highest BCUT2D eigenvalue weighted by atomic mass is 32.2. The topological polar surface area (TPSA) is 78.3 Å². The summed E-state index contributed by atoms with van der Waals surface area (Å²) in [5.41, 5.74) is 2.67. The first-order valence-corrected chi connectivity index (χ1v) is 14.8. The van der Waals surface area contributed by atoms with Gasteiger partial charge in [0.1, 0.15) is 23.7 Å². The number of ether oxygens (including phenoxy) is 2. The summed E-state index contributed by atoms with van der Waals surface area (Å²) >= 11 is 1.35. The van der Waals surface area contributed by atoms with Crippen LogP contribution in [0.4, 0.5) is 10.3 Å². The second-order valence-corrected chi connectivity index (χ2v) is 11.0. The zero-order valence-electron chi connectivity index (χ0n) is 22.5. The van der Waals surface area contributed by atoms with Crippen LogP contribution in [0.25, 0.3) is 0 Å². The molecular formula is C30H35FN4O3S. The summed E-state index contributed by atoms with van der Waals surface area (Å²) in [6, 6.07) is 14.0. The van der Waals surface area contributed by atoms with E-state index in [1.807, 2.05) is 37.3 Å². The SMILES string of the molecule is CCCCOc1ccc(C2C(C(=O)OC3CCCCC3)=C(C)Nc3nc(SCc4ccccc4F)nn32)cc1. The predicted molar refractivity (Wildman–Crippen MR) is 150 cm³/mol. The molecule has 1 fully saturated rings. The van der Waals surface area contributed by atoms with E-state index < -0.39 is 6.04 Å². The number of hydrogen-bond acceptors (Lipinski definition) is 7. The zero-order chi connectivity index (χ0) is 27.2. The maximum atomic E-state index is 14.2. The molecule has 1 saturated carbocycles. The highest BCUT2D eigenvalue weighted by Gasteiger charge is 2.36. The highest BCUT2D eigenvalue weighted by Crippen LogP contribution is 2.38. The lowest BCUT2D eigenvalue weighted by Crippen LogP contribution is -2.32. The van der Waals surface area contributed by atoms with E-state index in [1.54, 1.807) is 16.8 Å². The summed E-state index contributed by atoms with van der Waals surface area (Å²) in [6.45, 7) is 4.67. The van der Waals surface area contributed by atoms with Gasteiger partial charge in [0.25, 0.3) is 0 Å². The average Bonchev–Trinajstić information content (AvgIpc) is 3.35. The Balaban J connectivity index is 1.43. The second-order valence-electron chi connectivity index (χ2n) is 10.0. The Morgan fingerprint density at radius 1 is 1.13 bits per heavy atom. The van der Waals surface area contributed by atoms with E-state index in [9.17, 15) is 9.18 Å². The number of carbonyl (C=O) groups is 1. The first kappa shape index (κ1) is 27.2. The Kier molecular flexibility index (Phi) is 8.86. The van der Waals surface area contributed by atoms with Crippen LogP contribution >= 0.6 is 11.8 Å². The van der Waals surface area contributed by atoms with Gasteiger partial charge in [0, 0.05) is 11.4 Å². The average molecular weight is 551 g/mol. The van der Waals surface area contributed by atoms with Crippen molar-refractivity contribution >= 4 is 23.7 Å². The monoisotopic (exact) mass is 550 g/mol. The molecule has 2 heterocycles. The molecule has 0 bridgehead atoms. The van der Waals surface area contributed by atoms with Crippen LogP contribution < -0.4 is 10.1 Å². The molecule has 1 atom stereocenters. The molecule has 0 spiro atoms. The van der Waals surface area contributed by atoms with E-state index in [0.29, 0.717) is 40.3 Å². The number of nitrogens with one attached hydrogen (secondary N) is 1. The van der Waals surface area contributed by atoms with Crippen molar-refractivity contribution < 1.29 is 18.7 Å². The molecule has 0 radical (unpaired) electrons. The van der Waals surface area contributed by atoms with Gasteiger partial charge in [-0.05, 0) is 68.4 Å². The van der Waals surface area contributed by atoms with Gasteiger partial charge in [0.15, 0.2) is 0 Å². The van der Waals surface area contributed by atoms with Crippen molar-refractivity contribution in [3.8, 4) is 5.75 Å². The van der Waals surface area contributed by atoms with E-state index in [2.05, 4.69) is 17.2 Å². The van der Waals surface area contributed by atoms with Gasteiger partial charge in [-0.2, -0.15) is 4.98 Å². The fourth-order valence-corrected chi connectivity index (χ4v) is 5.82. The van der Waals surface area contributed by atoms with Crippen molar-refractivity contribution in [3.05, 3.63) is 76.7 Å². The van der Waals surface area contributed by atoms with Gasteiger partial charge in [-0.1, -0.05) is 61.9 Å². The number of rotatable bonds is 10. The smallest absolute Gasteiger partial charge is 0.338 e.